The molecule has 0 aliphatic carbocycles. The molecule has 2 aromatic heterocycles. The number of rotatable bonds is 4. The third-order valence-corrected chi connectivity index (χ3v) is 5.90. The van der Waals surface area contributed by atoms with Crippen molar-refractivity contribution in [1.82, 2.24) is 9.55 Å². The Morgan fingerprint density at radius 1 is 1.21 bits per heavy atom. The van der Waals surface area contributed by atoms with Crippen molar-refractivity contribution in [3.63, 3.8) is 0 Å². The monoisotopic (exact) mass is 357 g/mol. The van der Waals surface area contributed by atoms with Gasteiger partial charge in [-0.1, -0.05) is 11.8 Å². The van der Waals surface area contributed by atoms with Crippen LogP contribution >= 0.6 is 23.1 Å². The van der Waals surface area contributed by atoms with Crippen LogP contribution in [-0.4, -0.2) is 15.5 Å². The molecule has 2 heterocycles. The van der Waals surface area contributed by atoms with Gasteiger partial charge in [0, 0.05) is 34.4 Å². The molecule has 1 aromatic carbocycles. The van der Waals surface area contributed by atoms with Crippen LogP contribution < -0.4 is 5.32 Å². The number of anilines is 1. The zero-order chi connectivity index (χ0) is 17.3. The summed E-state index contributed by atoms with van der Waals surface area (Å²) in [7, 11) is 1.90. The van der Waals surface area contributed by atoms with Gasteiger partial charge in [-0.15, -0.1) is 11.3 Å². The predicted octanol–water partition coefficient (Wildman–Crippen LogP) is 4.81. The molecular weight excluding hydrogens is 338 g/mol. The number of aryl methyl sites for hydroxylation is 3. The second kappa shape index (κ2) is 6.83. The van der Waals surface area contributed by atoms with E-state index in [0.29, 0.717) is 5.69 Å². The third kappa shape index (κ3) is 3.55. The Kier molecular flexibility index (Phi) is 4.78. The van der Waals surface area contributed by atoms with E-state index < -0.39 is 0 Å². The van der Waals surface area contributed by atoms with Crippen molar-refractivity contribution in [2.24, 2.45) is 7.05 Å². The molecule has 1 N–H and O–H groups in total. The molecule has 0 unspecified atom stereocenters. The van der Waals surface area contributed by atoms with Crippen LogP contribution in [0, 0.1) is 20.8 Å². The lowest BCUT2D eigenvalue weighted by atomic mass is 10.2. The molecule has 6 heteroatoms. The van der Waals surface area contributed by atoms with Crippen molar-refractivity contribution >= 4 is 34.7 Å². The number of hydrogen-bond acceptors (Lipinski definition) is 4. The fraction of sp³-hybridized carbons (Fsp3) is 0.222. The van der Waals surface area contributed by atoms with Crippen molar-refractivity contribution in [3.8, 4) is 0 Å². The zero-order valence-electron chi connectivity index (χ0n) is 14.1. The van der Waals surface area contributed by atoms with Gasteiger partial charge in [0.25, 0.3) is 5.91 Å². The number of nitrogens with zero attached hydrogens (tertiary/aromatic N) is 2. The maximum atomic E-state index is 12.4. The van der Waals surface area contributed by atoms with E-state index in [1.165, 1.54) is 0 Å². The molecule has 0 bridgehead atoms. The van der Waals surface area contributed by atoms with Crippen LogP contribution in [0.5, 0.6) is 0 Å². The van der Waals surface area contributed by atoms with Gasteiger partial charge < -0.3 is 9.88 Å². The SMILES string of the molecule is Cc1csc(Sc2ccc(NC(=O)c3ccc(C)n3C)c(C)c2)n1. The first-order chi connectivity index (χ1) is 11.4. The highest BCUT2D eigenvalue weighted by Gasteiger charge is 2.12. The first kappa shape index (κ1) is 16.8. The molecule has 0 saturated carbocycles. The quantitative estimate of drug-likeness (QED) is 0.729. The fourth-order valence-corrected chi connectivity index (χ4v) is 4.26. The molecule has 3 rings (SSSR count). The summed E-state index contributed by atoms with van der Waals surface area (Å²) in [5.41, 5.74) is 4.62. The number of aromatic nitrogens is 2. The molecule has 0 radical (unpaired) electrons. The summed E-state index contributed by atoms with van der Waals surface area (Å²) in [6.45, 7) is 5.98. The Morgan fingerprint density at radius 2 is 2.00 bits per heavy atom. The van der Waals surface area contributed by atoms with Crippen molar-refractivity contribution in [2.75, 3.05) is 5.32 Å². The minimum Gasteiger partial charge on any atom is -0.344 e. The van der Waals surface area contributed by atoms with E-state index >= 15 is 0 Å². The maximum absolute atomic E-state index is 12.4. The highest BCUT2D eigenvalue weighted by molar-refractivity contribution is 8.01. The van der Waals surface area contributed by atoms with Crippen molar-refractivity contribution in [2.45, 2.75) is 30.0 Å². The summed E-state index contributed by atoms with van der Waals surface area (Å²) in [6, 6.07) is 9.83. The average Bonchev–Trinajstić information content (AvgIpc) is 3.09. The first-order valence-electron chi connectivity index (χ1n) is 7.58. The second-order valence-corrected chi connectivity index (χ2v) is 7.89. The molecule has 0 aliphatic heterocycles. The van der Waals surface area contributed by atoms with Gasteiger partial charge in [0.2, 0.25) is 0 Å². The molecule has 0 aliphatic rings. The minimum absolute atomic E-state index is 0.0929. The van der Waals surface area contributed by atoms with Crippen molar-refractivity contribution in [3.05, 3.63) is 58.4 Å². The number of nitrogens with one attached hydrogen (secondary N) is 1. The van der Waals surface area contributed by atoms with Crippen LogP contribution in [0.2, 0.25) is 0 Å². The largest absolute Gasteiger partial charge is 0.344 e. The summed E-state index contributed by atoms with van der Waals surface area (Å²) in [5, 5.41) is 5.04. The number of carbonyl (C=O) groups excluding carboxylic acids is 1. The van der Waals surface area contributed by atoms with Gasteiger partial charge in [-0.3, -0.25) is 4.79 Å². The van der Waals surface area contributed by atoms with E-state index in [1.54, 1.807) is 23.1 Å². The molecule has 0 fully saturated rings. The number of thiazole rings is 1. The lowest BCUT2D eigenvalue weighted by Crippen LogP contribution is -2.16. The lowest BCUT2D eigenvalue weighted by molar-refractivity contribution is 0.101. The van der Waals surface area contributed by atoms with Crippen LogP contribution in [-0.2, 0) is 7.05 Å². The number of hydrogen-bond donors (Lipinski definition) is 1. The average molecular weight is 358 g/mol. The van der Waals surface area contributed by atoms with Crippen LogP contribution in [0.25, 0.3) is 0 Å². The Balaban J connectivity index is 1.75. The molecule has 0 spiro atoms. The number of amides is 1. The lowest BCUT2D eigenvalue weighted by Gasteiger charge is -2.11. The highest BCUT2D eigenvalue weighted by Crippen LogP contribution is 2.32. The van der Waals surface area contributed by atoms with E-state index in [1.807, 2.05) is 62.0 Å². The molecule has 4 nitrogen and oxygen atoms in total. The molecule has 1 amide bonds. The number of carbonyl (C=O) groups is 1. The van der Waals surface area contributed by atoms with E-state index in [9.17, 15) is 4.79 Å². The van der Waals surface area contributed by atoms with Crippen molar-refractivity contribution < 1.29 is 4.79 Å². The summed E-state index contributed by atoms with van der Waals surface area (Å²) < 4.78 is 2.92. The van der Waals surface area contributed by atoms with E-state index in [-0.39, 0.29) is 5.91 Å². The molecule has 0 saturated heterocycles. The predicted molar refractivity (Wildman–Crippen MR) is 100 cm³/mol. The van der Waals surface area contributed by atoms with E-state index in [2.05, 4.69) is 16.4 Å². The van der Waals surface area contributed by atoms with Gasteiger partial charge in [0.15, 0.2) is 4.34 Å². The van der Waals surface area contributed by atoms with E-state index in [0.717, 1.165) is 31.9 Å². The first-order valence-corrected chi connectivity index (χ1v) is 9.28. The minimum atomic E-state index is -0.0929. The summed E-state index contributed by atoms with van der Waals surface area (Å²) in [6.07, 6.45) is 0. The Morgan fingerprint density at radius 3 is 2.58 bits per heavy atom. The van der Waals surface area contributed by atoms with Gasteiger partial charge in [0.1, 0.15) is 5.69 Å². The van der Waals surface area contributed by atoms with Crippen LogP contribution in [0.3, 0.4) is 0 Å². The standard InChI is InChI=1S/C18H19N3OS2/c1-11-9-14(24-18-19-12(2)10-23-18)6-7-15(11)20-17(22)16-8-5-13(3)21(16)4/h5-10H,1-4H3,(H,20,22). The molecule has 124 valence electrons. The van der Waals surface area contributed by atoms with Crippen molar-refractivity contribution in [1.29, 1.82) is 0 Å². The second-order valence-electron chi connectivity index (χ2n) is 5.71. The molecule has 3 aromatic rings. The summed E-state index contributed by atoms with van der Waals surface area (Å²) in [4.78, 5) is 18.0. The number of benzene rings is 1. The summed E-state index contributed by atoms with van der Waals surface area (Å²) in [5.74, 6) is -0.0929. The molecular formula is C18H19N3OS2. The highest BCUT2D eigenvalue weighted by atomic mass is 32.2. The smallest absolute Gasteiger partial charge is 0.272 e. The van der Waals surface area contributed by atoms with Crippen LogP contribution in [0.1, 0.15) is 27.4 Å². The molecule has 0 atom stereocenters. The summed E-state index contributed by atoms with van der Waals surface area (Å²) >= 11 is 3.29. The Hall–Kier alpha value is -2.05. The third-order valence-electron chi connectivity index (χ3n) is 3.85. The maximum Gasteiger partial charge on any atom is 0.272 e. The fourth-order valence-electron chi connectivity index (χ4n) is 2.35. The van der Waals surface area contributed by atoms with Gasteiger partial charge in [0.05, 0.1) is 0 Å². The zero-order valence-corrected chi connectivity index (χ0v) is 15.7. The Labute approximate surface area is 149 Å². The topological polar surface area (TPSA) is 46.9 Å². The van der Waals surface area contributed by atoms with E-state index in [4.69, 9.17) is 0 Å². The van der Waals surface area contributed by atoms with Crippen LogP contribution in [0.15, 0.2) is 44.9 Å². The normalized spacial score (nSPS) is 10.8. The Bertz CT molecular complexity index is 896. The molecule has 24 heavy (non-hydrogen) atoms. The van der Waals surface area contributed by atoms with Gasteiger partial charge in [-0.05, 0) is 56.7 Å². The van der Waals surface area contributed by atoms with Gasteiger partial charge >= 0.3 is 0 Å². The van der Waals surface area contributed by atoms with Crippen LogP contribution in [0.4, 0.5) is 5.69 Å². The van der Waals surface area contributed by atoms with Gasteiger partial charge in [-0.25, -0.2) is 4.98 Å². The van der Waals surface area contributed by atoms with Gasteiger partial charge in [-0.2, -0.15) is 0 Å².